The van der Waals surface area contributed by atoms with Crippen molar-refractivity contribution in [1.82, 2.24) is 8.87 Å². The Kier molecular flexibility index (Phi) is 4.34. The Morgan fingerprint density at radius 2 is 1.81 bits per heavy atom. The third kappa shape index (κ3) is 2.84. The zero-order valence-corrected chi connectivity index (χ0v) is 15.3. The molecule has 2 heterocycles. The first kappa shape index (κ1) is 17.3. The number of halogens is 2. The van der Waals surface area contributed by atoms with Crippen LogP contribution in [0.25, 0.3) is 0 Å². The van der Waals surface area contributed by atoms with Gasteiger partial charge in [-0.3, -0.25) is 0 Å². The van der Waals surface area contributed by atoms with Crippen molar-refractivity contribution >= 4 is 21.6 Å². The summed E-state index contributed by atoms with van der Waals surface area (Å²) < 4.78 is 44.5. The summed E-state index contributed by atoms with van der Waals surface area (Å²) in [5.74, 6) is -0.432. The maximum Gasteiger partial charge on any atom is 0.244 e. The van der Waals surface area contributed by atoms with Gasteiger partial charge in [0, 0.05) is 35.6 Å². The van der Waals surface area contributed by atoms with Crippen molar-refractivity contribution in [1.29, 1.82) is 0 Å². The Labute approximate surface area is 156 Å². The lowest BCUT2D eigenvalue weighted by Crippen LogP contribution is -2.42. The number of benzene rings is 2. The summed E-state index contributed by atoms with van der Waals surface area (Å²) in [6.45, 7) is 0.753. The van der Waals surface area contributed by atoms with Crippen molar-refractivity contribution in [2.24, 2.45) is 0 Å². The van der Waals surface area contributed by atoms with E-state index in [0.717, 1.165) is 5.69 Å². The Balaban J connectivity index is 1.89. The van der Waals surface area contributed by atoms with Crippen LogP contribution >= 0.6 is 11.6 Å². The number of fused-ring (bicyclic) bond motifs is 1. The van der Waals surface area contributed by atoms with Crippen LogP contribution in [0.5, 0.6) is 0 Å². The summed E-state index contributed by atoms with van der Waals surface area (Å²) in [6, 6.07) is 15.4. The highest BCUT2D eigenvalue weighted by Crippen LogP contribution is 2.37. The normalized spacial score (nSPS) is 17.8. The van der Waals surface area contributed by atoms with Crippen LogP contribution in [0.1, 0.15) is 17.3 Å². The molecule has 0 aliphatic carbocycles. The Bertz CT molecular complexity index is 1060. The molecule has 1 unspecified atom stereocenters. The molecule has 0 bridgehead atoms. The third-order valence-corrected chi connectivity index (χ3v) is 6.69. The predicted octanol–water partition coefficient (Wildman–Crippen LogP) is 4.07. The van der Waals surface area contributed by atoms with E-state index >= 15 is 0 Å². The first-order valence-electron chi connectivity index (χ1n) is 8.15. The van der Waals surface area contributed by atoms with E-state index in [4.69, 9.17) is 11.6 Å². The third-order valence-electron chi connectivity index (χ3n) is 4.60. The molecule has 2 aromatic carbocycles. The minimum atomic E-state index is -3.85. The average Bonchev–Trinajstić information content (AvgIpc) is 3.10. The van der Waals surface area contributed by atoms with Crippen LogP contribution < -0.4 is 0 Å². The van der Waals surface area contributed by atoms with Crippen molar-refractivity contribution in [2.75, 3.05) is 6.54 Å². The second-order valence-corrected chi connectivity index (χ2v) is 8.45. The van der Waals surface area contributed by atoms with Gasteiger partial charge in [0.05, 0.1) is 10.9 Å². The molecule has 4 nitrogen and oxygen atoms in total. The van der Waals surface area contributed by atoms with E-state index in [9.17, 15) is 12.8 Å². The molecule has 4 rings (SSSR count). The van der Waals surface area contributed by atoms with Crippen LogP contribution in [0.4, 0.5) is 4.39 Å². The van der Waals surface area contributed by atoms with Crippen LogP contribution in [0.2, 0.25) is 5.02 Å². The highest BCUT2D eigenvalue weighted by Gasteiger charge is 2.38. The van der Waals surface area contributed by atoms with Gasteiger partial charge in [-0.1, -0.05) is 35.9 Å². The summed E-state index contributed by atoms with van der Waals surface area (Å²) >= 11 is 5.98. The van der Waals surface area contributed by atoms with Gasteiger partial charge in [0.2, 0.25) is 10.0 Å². The molecular weight excluding hydrogens is 375 g/mol. The standard InChI is InChI=1S/C19H16ClFN2O2S/c20-14-5-3-6-15(13-14)26(24,25)23-12-11-22-10-4-9-18(22)19(23)16-7-1-2-8-17(16)21/h1-10,13,19H,11-12H2. The van der Waals surface area contributed by atoms with Gasteiger partial charge in [-0.05, 0) is 36.4 Å². The van der Waals surface area contributed by atoms with Crippen molar-refractivity contribution in [2.45, 2.75) is 17.5 Å². The summed E-state index contributed by atoms with van der Waals surface area (Å²) in [6.07, 6.45) is 1.88. The summed E-state index contributed by atoms with van der Waals surface area (Å²) in [5, 5.41) is 0.342. The van der Waals surface area contributed by atoms with Crippen molar-refractivity contribution in [3.8, 4) is 0 Å². The zero-order chi connectivity index (χ0) is 18.3. The van der Waals surface area contributed by atoms with Crippen LogP contribution in [0.15, 0.2) is 71.8 Å². The van der Waals surface area contributed by atoms with Crippen molar-refractivity contribution in [3.05, 3.63) is 89.0 Å². The SMILES string of the molecule is O=S(=O)(c1cccc(Cl)c1)N1CCn2cccc2C1c1ccccc1F. The fraction of sp³-hybridized carbons (Fsp3) is 0.158. The number of rotatable bonds is 3. The molecule has 7 heteroatoms. The predicted molar refractivity (Wildman–Crippen MR) is 98.0 cm³/mol. The van der Waals surface area contributed by atoms with Crippen LogP contribution in [0, 0.1) is 5.82 Å². The van der Waals surface area contributed by atoms with E-state index in [-0.39, 0.29) is 11.4 Å². The number of nitrogens with zero attached hydrogens (tertiary/aromatic N) is 2. The Hall–Kier alpha value is -2.15. The van der Waals surface area contributed by atoms with Crippen molar-refractivity contribution in [3.63, 3.8) is 0 Å². The summed E-state index contributed by atoms with van der Waals surface area (Å²) in [7, 11) is -3.85. The van der Waals surface area contributed by atoms with Gasteiger partial charge in [-0.15, -0.1) is 0 Å². The van der Waals surface area contributed by atoms with Gasteiger partial charge in [-0.25, -0.2) is 12.8 Å². The maximum absolute atomic E-state index is 14.6. The van der Waals surface area contributed by atoms with Gasteiger partial charge in [0.1, 0.15) is 5.82 Å². The number of hydrogen-bond acceptors (Lipinski definition) is 2. The molecule has 0 spiro atoms. The second-order valence-electron chi connectivity index (χ2n) is 6.12. The molecule has 1 aromatic heterocycles. The summed E-state index contributed by atoms with van der Waals surface area (Å²) in [5.41, 5.74) is 1.07. The number of hydrogen-bond donors (Lipinski definition) is 0. The van der Waals surface area contributed by atoms with Crippen LogP contribution in [-0.2, 0) is 16.6 Å². The molecule has 3 aromatic rings. The average molecular weight is 391 g/mol. The molecular formula is C19H16ClFN2O2S. The number of aromatic nitrogens is 1. The smallest absolute Gasteiger partial charge is 0.244 e. The fourth-order valence-electron chi connectivity index (χ4n) is 3.40. The topological polar surface area (TPSA) is 42.3 Å². The lowest BCUT2D eigenvalue weighted by Gasteiger charge is -2.36. The van der Waals surface area contributed by atoms with Gasteiger partial charge in [0.25, 0.3) is 0 Å². The first-order chi connectivity index (χ1) is 12.5. The molecule has 0 saturated heterocycles. The second kappa shape index (κ2) is 6.54. The highest BCUT2D eigenvalue weighted by molar-refractivity contribution is 7.89. The van der Waals surface area contributed by atoms with Crippen LogP contribution in [0.3, 0.4) is 0 Å². The quantitative estimate of drug-likeness (QED) is 0.676. The molecule has 0 radical (unpaired) electrons. The maximum atomic E-state index is 14.6. The van der Waals surface area contributed by atoms with Gasteiger partial charge < -0.3 is 4.57 Å². The van der Waals surface area contributed by atoms with E-state index < -0.39 is 21.9 Å². The molecule has 134 valence electrons. The molecule has 0 N–H and O–H groups in total. The fourth-order valence-corrected chi connectivity index (χ4v) is 5.27. The van der Waals surface area contributed by atoms with E-state index in [1.54, 1.807) is 30.3 Å². The minimum Gasteiger partial charge on any atom is -0.348 e. The summed E-state index contributed by atoms with van der Waals surface area (Å²) in [4.78, 5) is 0.103. The van der Waals surface area contributed by atoms with E-state index in [0.29, 0.717) is 17.1 Å². The lowest BCUT2D eigenvalue weighted by molar-refractivity contribution is 0.293. The van der Waals surface area contributed by atoms with Crippen LogP contribution in [-0.4, -0.2) is 23.8 Å². The monoisotopic (exact) mass is 390 g/mol. The lowest BCUT2D eigenvalue weighted by atomic mass is 10.0. The zero-order valence-electron chi connectivity index (χ0n) is 13.7. The largest absolute Gasteiger partial charge is 0.348 e. The van der Waals surface area contributed by atoms with Crippen molar-refractivity contribution < 1.29 is 12.8 Å². The molecule has 1 aliphatic heterocycles. The molecule has 1 atom stereocenters. The molecule has 1 aliphatic rings. The Morgan fingerprint density at radius 3 is 2.58 bits per heavy atom. The molecule has 26 heavy (non-hydrogen) atoms. The minimum absolute atomic E-state index is 0.103. The molecule has 0 amide bonds. The van der Waals surface area contributed by atoms with Gasteiger partial charge in [-0.2, -0.15) is 4.31 Å². The van der Waals surface area contributed by atoms with Gasteiger partial charge >= 0.3 is 0 Å². The number of sulfonamides is 1. The van der Waals surface area contributed by atoms with E-state index in [1.165, 1.54) is 22.5 Å². The Morgan fingerprint density at radius 1 is 1.00 bits per heavy atom. The van der Waals surface area contributed by atoms with E-state index in [2.05, 4.69) is 0 Å². The molecule has 0 saturated carbocycles. The van der Waals surface area contributed by atoms with Gasteiger partial charge in [0.15, 0.2) is 0 Å². The molecule has 0 fully saturated rings. The first-order valence-corrected chi connectivity index (χ1v) is 9.97. The highest BCUT2D eigenvalue weighted by atomic mass is 35.5. The van der Waals surface area contributed by atoms with E-state index in [1.807, 2.05) is 22.9 Å².